The fraction of sp³-hybridized carbons (Fsp3) is 0.250. The summed E-state index contributed by atoms with van der Waals surface area (Å²) < 4.78 is 5.69. The zero-order chi connectivity index (χ0) is 18.6. The minimum atomic E-state index is 0.0761. The number of amides is 1. The maximum atomic E-state index is 12.5. The highest BCUT2D eigenvalue weighted by atomic mass is 32.2. The third kappa shape index (κ3) is 4.14. The molecule has 0 spiro atoms. The van der Waals surface area contributed by atoms with Gasteiger partial charge in [0.15, 0.2) is 5.82 Å². The van der Waals surface area contributed by atoms with Crippen molar-refractivity contribution in [1.82, 2.24) is 15.2 Å². The fourth-order valence-electron chi connectivity index (χ4n) is 2.99. The van der Waals surface area contributed by atoms with Gasteiger partial charge in [-0.3, -0.25) is 9.89 Å². The van der Waals surface area contributed by atoms with Crippen LogP contribution in [0.1, 0.15) is 17.0 Å². The summed E-state index contributed by atoms with van der Waals surface area (Å²) >= 11 is 1.33. The van der Waals surface area contributed by atoms with Crippen molar-refractivity contribution in [2.24, 2.45) is 0 Å². The molecule has 1 aliphatic heterocycles. The second kappa shape index (κ2) is 7.84. The number of hydrogen-bond acceptors (Lipinski definition) is 5. The molecule has 7 heteroatoms. The number of anilines is 1. The molecule has 0 saturated heterocycles. The van der Waals surface area contributed by atoms with Crippen LogP contribution in [-0.2, 0) is 17.8 Å². The number of aromatic amines is 1. The molecule has 6 nitrogen and oxygen atoms in total. The second-order valence-corrected chi connectivity index (χ2v) is 7.32. The minimum Gasteiger partial charge on any atom is -0.486 e. The van der Waals surface area contributed by atoms with Crippen LogP contribution < -0.4 is 9.64 Å². The quantitative estimate of drug-likeness (QED) is 0.664. The van der Waals surface area contributed by atoms with Gasteiger partial charge >= 0.3 is 0 Å². The number of fused-ring (bicyclic) bond motifs is 1. The third-order valence-electron chi connectivity index (χ3n) is 4.42. The van der Waals surface area contributed by atoms with E-state index in [0.29, 0.717) is 23.3 Å². The Morgan fingerprint density at radius 1 is 1.22 bits per heavy atom. The van der Waals surface area contributed by atoms with E-state index in [0.717, 1.165) is 24.4 Å². The van der Waals surface area contributed by atoms with Crippen LogP contribution in [0.2, 0.25) is 0 Å². The van der Waals surface area contributed by atoms with E-state index in [1.54, 1.807) is 0 Å². The number of benzene rings is 2. The van der Waals surface area contributed by atoms with E-state index in [2.05, 4.69) is 21.2 Å². The number of aryl methyl sites for hydroxylation is 1. The maximum Gasteiger partial charge on any atom is 0.237 e. The average molecular weight is 380 g/mol. The average Bonchev–Trinajstić information content (AvgIpc) is 3.32. The smallest absolute Gasteiger partial charge is 0.237 e. The molecule has 0 unspecified atom stereocenters. The van der Waals surface area contributed by atoms with Crippen molar-refractivity contribution in [2.75, 3.05) is 17.2 Å². The Hall–Kier alpha value is -2.80. The predicted molar refractivity (Wildman–Crippen MR) is 105 cm³/mol. The van der Waals surface area contributed by atoms with E-state index in [1.807, 2.05) is 54.3 Å². The zero-order valence-electron chi connectivity index (χ0n) is 15.0. The summed E-state index contributed by atoms with van der Waals surface area (Å²) in [6.07, 6.45) is 0.910. The zero-order valence-corrected chi connectivity index (χ0v) is 15.8. The molecule has 1 amide bonds. The number of nitrogens with zero attached hydrogens (tertiary/aromatic N) is 3. The summed E-state index contributed by atoms with van der Waals surface area (Å²) in [5.74, 6) is 1.81. The summed E-state index contributed by atoms with van der Waals surface area (Å²) in [4.78, 5) is 18.8. The van der Waals surface area contributed by atoms with Gasteiger partial charge in [0.05, 0.1) is 5.75 Å². The van der Waals surface area contributed by atoms with Gasteiger partial charge < -0.3 is 9.64 Å². The van der Waals surface area contributed by atoms with Gasteiger partial charge in [0, 0.05) is 12.2 Å². The number of carbonyl (C=O) groups is 1. The standard InChI is InChI=1S/C20H20N4O2S/c1-14-6-8-16(9-7-14)26-12-18-21-20(23-22-18)27-13-19(25)24-11-10-15-4-2-3-5-17(15)24/h2-9H,10-13H2,1H3,(H,21,22,23). The van der Waals surface area contributed by atoms with Crippen molar-refractivity contribution in [2.45, 2.75) is 25.1 Å². The van der Waals surface area contributed by atoms with E-state index >= 15 is 0 Å². The van der Waals surface area contributed by atoms with Crippen molar-refractivity contribution in [1.29, 1.82) is 0 Å². The summed E-state index contributed by atoms with van der Waals surface area (Å²) in [7, 11) is 0. The molecule has 1 aliphatic rings. The van der Waals surface area contributed by atoms with Crippen LogP contribution in [0.15, 0.2) is 53.7 Å². The molecule has 1 N–H and O–H groups in total. The van der Waals surface area contributed by atoms with E-state index in [1.165, 1.54) is 22.9 Å². The van der Waals surface area contributed by atoms with Gasteiger partial charge in [-0.2, -0.15) is 0 Å². The molecule has 3 aromatic rings. The van der Waals surface area contributed by atoms with Crippen molar-refractivity contribution in [3.05, 3.63) is 65.5 Å². The molecule has 0 aliphatic carbocycles. The molecule has 0 bridgehead atoms. The molecule has 138 valence electrons. The summed E-state index contributed by atoms with van der Waals surface area (Å²) in [6, 6.07) is 15.9. The molecule has 4 rings (SSSR count). The normalized spacial score (nSPS) is 12.9. The fourth-order valence-corrected chi connectivity index (χ4v) is 3.69. The molecule has 2 aromatic carbocycles. The number of para-hydroxylation sites is 1. The summed E-state index contributed by atoms with van der Waals surface area (Å²) in [6.45, 7) is 3.08. The molecule has 0 atom stereocenters. The molecular formula is C20H20N4O2S. The van der Waals surface area contributed by atoms with Crippen LogP contribution in [-0.4, -0.2) is 33.4 Å². The first-order chi connectivity index (χ1) is 13.2. The Kier molecular flexibility index (Phi) is 5.11. The Morgan fingerprint density at radius 3 is 2.89 bits per heavy atom. The first-order valence-electron chi connectivity index (χ1n) is 8.81. The number of rotatable bonds is 6. The molecular weight excluding hydrogens is 360 g/mol. The predicted octanol–water partition coefficient (Wildman–Crippen LogP) is 3.37. The lowest BCUT2D eigenvalue weighted by molar-refractivity contribution is -0.116. The summed E-state index contributed by atoms with van der Waals surface area (Å²) in [5.41, 5.74) is 3.43. The van der Waals surface area contributed by atoms with E-state index in [-0.39, 0.29) is 5.91 Å². The SMILES string of the molecule is Cc1ccc(OCc2nc(SCC(=O)N3CCc4ccccc43)n[nH]2)cc1. The van der Waals surface area contributed by atoms with E-state index in [4.69, 9.17) is 4.74 Å². The van der Waals surface area contributed by atoms with Gasteiger partial charge in [0.1, 0.15) is 12.4 Å². The van der Waals surface area contributed by atoms with Crippen LogP contribution in [0.4, 0.5) is 5.69 Å². The van der Waals surface area contributed by atoms with Crippen molar-refractivity contribution in [3.8, 4) is 5.75 Å². The highest BCUT2D eigenvalue weighted by Gasteiger charge is 2.24. The number of nitrogens with one attached hydrogen (secondary N) is 1. The maximum absolute atomic E-state index is 12.5. The Morgan fingerprint density at radius 2 is 2.04 bits per heavy atom. The minimum absolute atomic E-state index is 0.0761. The Labute approximate surface area is 162 Å². The van der Waals surface area contributed by atoms with Gasteiger partial charge in [-0.05, 0) is 37.1 Å². The number of ether oxygens (including phenoxy) is 1. The van der Waals surface area contributed by atoms with Crippen molar-refractivity contribution in [3.63, 3.8) is 0 Å². The van der Waals surface area contributed by atoms with Crippen LogP contribution in [0, 0.1) is 6.92 Å². The van der Waals surface area contributed by atoms with Crippen LogP contribution in [0.3, 0.4) is 0 Å². The van der Waals surface area contributed by atoms with Crippen molar-refractivity contribution < 1.29 is 9.53 Å². The van der Waals surface area contributed by atoms with Gasteiger partial charge in [0.25, 0.3) is 0 Å². The summed E-state index contributed by atoms with van der Waals surface area (Å²) in [5, 5.41) is 7.58. The number of thioether (sulfide) groups is 1. The largest absolute Gasteiger partial charge is 0.486 e. The van der Waals surface area contributed by atoms with Crippen molar-refractivity contribution >= 4 is 23.4 Å². The number of hydrogen-bond donors (Lipinski definition) is 1. The number of H-pyrrole nitrogens is 1. The molecule has 0 radical (unpaired) electrons. The van der Waals surface area contributed by atoms with Gasteiger partial charge in [-0.25, -0.2) is 4.98 Å². The van der Waals surface area contributed by atoms with Crippen LogP contribution in [0.5, 0.6) is 5.75 Å². The molecule has 0 fully saturated rings. The molecule has 1 aromatic heterocycles. The first-order valence-corrected chi connectivity index (χ1v) is 9.79. The lowest BCUT2D eigenvalue weighted by Crippen LogP contribution is -2.30. The number of carbonyl (C=O) groups excluding carboxylic acids is 1. The highest BCUT2D eigenvalue weighted by Crippen LogP contribution is 2.28. The first kappa shape index (κ1) is 17.6. The third-order valence-corrected chi connectivity index (χ3v) is 5.25. The van der Waals surface area contributed by atoms with E-state index < -0.39 is 0 Å². The molecule has 0 saturated carbocycles. The number of aromatic nitrogens is 3. The van der Waals surface area contributed by atoms with Gasteiger partial charge in [-0.15, -0.1) is 5.10 Å². The monoisotopic (exact) mass is 380 g/mol. The molecule has 27 heavy (non-hydrogen) atoms. The highest BCUT2D eigenvalue weighted by molar-refractivity contribution is 7.99. The Balaban J connectivity index is 1.29. The lowest BCUT2D eigenvalue weighted by atomic mass is 10.2. The lowest BCUT2D eigenvalue weighted by Gasteiger charge is -2.16. The van der Waals surface area contributed by atoms with Gasteiger partial charge in [-0.1, -0.05) is 47.7 Å². The molecule has 2 heterocycles. The van der Waals surface area contributed by atoms with Crippen LogP contribution in [0.25, 0.3) is 0 Å². The van der Waals surface area contributed by atoms with E-state index in [9.17, 15) is 4.79 Å². The topological polar surface area (TPSA) is 71.1 Å². The van der Waals surface area contributed by atoms with Crippen LogP contribution >= 0.6 is 11.8 Å². The second-order valence-electron chi connectivity index (χ2n) is 6.38. The Bertz CT molecular complexity index is 939. The van der Waals surface area contributed by atoms with Gasteiger partial charge in [0.2, 0.25) is 11.1 Å².